The zero-order valence-electron chi connectivity index (χ0n) is 13.9. The van der Waals surface area contributed by atoms with Crippen LogP contribution < -0.4 is 10.0 Å². The second-order valence-corrected chi connectivity index (χ2v) is 8.53. The average molecular weight is 373 g/mol. The summed E-state index contributed by atoms with van der Waals surface area (Å²) in [4.78, 5) is 12.1. The lowest BCUT2D eigenvalue weighted by atomic mass is 10.0. The van der Waals surface area contributed by atoms with Crippen LogP contribution in [0, 0.1) is 5.92 Å². The Balaban J connectivity index is 1.76. The van der Waals surface area contributed by atoms with Gasteiger partial charge in [0.05, 0.1) is 10.9 Å². The number of amides is 1. The highest BCUT2D eigenvalue weighted by Crippen LogP contribution is 2.28. The fraction of sp³-hybridized carbons (Fsp3) is 0.588. The number of hydrogen-bond donors (Lipinski definition) is 2. The fourth-order valence-corrected chi connectivity index (χ4v) is 4.35. The van der Waals surface area contributed by atoms with E-state index < -0.39 is 16.1 Å². The van der Waals surface area contributed by atoms with Crippen molar-refractivity contribution < 1.29 is 13.2 Å². The van der Waals surface area contributed by atoms with E-state index in [1.54, 1.807) is 6.92 Å². The second-order valence-electron chi connectivity index (χ2n) is 6.38. The predicted octanol–water partition coefficient (Wildman–Crippen LogP) is 3.09. The van der Waals surface area contributed by atoms with E-state index in [0.717, 1.165) is 18.8 Å². The van der Waals surface area contributed by atoms with E-state index in [-0.39, 0.29) is 10.8 Å². The molecular formula is C17H25ClN2O3S. The van der Waals surface area contributed by atoms with Crippen LogP contribution in [0.15, 0.2) is 29.2 Å². The van der Waals surface area contributed by atoms with Crippen molar-refractivity contribution >= 4 is 27.5 Å². The van der Waals surface area contributed by atoms with Gasteiger partial charge in [0, 0.05) is 11.6 Å². The molecule has 1 saturated carbocycles. The molecule has 0 spiro atoms. The van der Waals surface area contributed by atoms with Crippen molar-refractivity contribution in [2.75, 3.05) is 6.54 Å². The molecule has 1 fully saturated rings. The first-order valence-corrected chi connectivity index (χ1v) is 10.3. The van der Waals surface area contributed by atoms with Crippen LogP contribution in [-0.4, -0.2) is 26.9 Å². The molecule has 1 aromatic carbocycles. The van der Waals surface area contributed by atoms with Gasteiger partial charge in [-0.1, -0.05) is 37.3 Å². The van der Waals surface area contributed by atoms with Gasteiger partial charge in [0.2, 0.25) is 15.9 Å². The van der Waals surface area contributed by atoms with Crippen LogP contribution in [0.5, 0.6) is 0 Å². The quantitative estimate of drug-likeness (QED) is 0.688. The van der Waals surface area contributed by atoms with E-state index in [1.165, 1.54) is 49.9 Å². The summed E-state index contributed by atoms with van der Waals surface area (Å²) in [5.41, 5.74) is 0. The smallest absolute Gasteiger partial charge is 0.241 e. The maximum absolute atomic E-state index is 12.2. The molecule has 0 radical (unpaired) electrons. The minimum atomic E-state index is -3.73. The molecule has 0 bridgehead atoms. The first-order valence-electron chi connectivity index (χ1n) is 8.44. The SMILES string of the molecule is C[C@H](NS(=O)(=O)c1ccc(Cl)cc1)C(=O)NCCCC1CCCC1. The Morgan fingerprint density at radius 2 is 1.88 bits per heavy atom. The van der Waals surface area contributed by atoms with Crippen LogP contribution in [0.25, 0.3) is 0 Å². The Kier molecular flexibility index (Phi) is 7.07. The van der Waals surface area contributed by atoms with E-state index in [0.29, 0.717) is 11.6 Å². The summed E-state index contributed by atoms with van der Waals surface area (Å²) in [6.07, 6.45) is 7.30. The number of rotatable bonds is 8. The predicted molar refractivity (Wildman–Crippen MR) is 95.4 cm³/mol. The lowest BCUT2D eigenvalue weighted by Crippen LogP contribution is -2.45. The van der Waals surface area contributed by atoms with Gasteiger partial charge in [0.25, 0.3) is 0 Å². The molecule has 0 aromatic heterocycles. The summed E-state index contributed by atoms with van der Waals surface area (Å²) >= 11 is 5.76. The maximum Gasteiger partial charge on any atom is 0.241 e. The van der Waals surface area contributed by atoms with E-state index in [4.69, 9.17) is 11.6 Å². The van der Waals surface area contributed by atoms with E-state index in [2.05, 4.69) is 10.0 Å². The summed E-state index contributed by atoms with van der Waals surface area (Å²) in [5.74, 6) is 0.488. The molecule has 134 valence electrons. The summed E-state index contributed by atoms with van der Waals surface area (Å²) < 4.78 is 26.8. The van der Waals surface area contributed by atoms with Crippen LogP contribution in [-0.2, 0) is 14.8 Å². The van der Waals surface area contributed by atoms with Crippen molar-refractivity contribution in [3.8, 4) is 0 Å². The van der Waals surface area contributed by atoms with Gasteiger partial charge in [-0.3, -0.25) is 4.79 Å². The molecule has 0 unspecified atom stereocenters. The third kappa shape index (κ3) is 5.76. The Morgan fingerprint density at radius 1 is 1.25 bits per heavy atom. The highest BCUT2D eigenvalue weighted by atomic mass is 35.5. The minimum absolute atomic E-state index is 0.0905. The number of hydrogen-bond acceptors (Lipinski definition) is 3. The van der Waals surface area contributed by atoms with E-state index in [9.17, 15) is 13.2 Å². The number of benzene rings is 1. The molecule has 0 heterocycles. The van der Waals surface area contributed by atoms with Gasteiger partial charge in [-0.05, 0) is 49.9 Å². The largest absolute Gasteiger partial charge is 0.355 e. The van der Waals surface area contributed by atoms with Crippen molar-refractivity contribution in [3.05, 3.63) is 29.3 Å². The molecule has 2 rings (SSSR count). The molecule has 1 aliphatic rings. The molecule has 0 saturated heterocycles. The highest BCUT2D eigenvalue weighted by molar-refractivity contribution is 7.89. The summed E-state index contributed by atoms with van der Waals surface area (Å²) in [6.45, 7) is 2.13. The number of carbonyl (C=O) groups is 1. The molecule has 1 aromatic rings. The summed E-state index contributed by atoms with van der Waals surface area (Å²) in [5, 5.41) is 3.26. The zero-order valence-corrected chi connectivity index (χ0v) is 15.5. The molecule has 1 atom stereocenters. The molecule has 2 N–H and O–H groups in total. The molecule has 0 aliphatic heterocycles. The van der Waals surface area contributed by atoms with Gasteiger partial charge < -0.3 is 5.32 Å². The van der Waals surface area contributed by atoms with Crippen molar-refractivity contribution in [2.24, 2.45) is 5.92 Å². The Morgan fingerprint density at radius 3 is 2.50 bits per heavy atom. The molecule has 1 aliphatic carbocycles. The van der Waals surface area contributed by atoms with E-state index >= 15 is 0 Å². The minimum Gasteiger partial charge on any atom is -0.355 e. The fourth-order valence-electron chi connectivity index (χ4n) is 3.02. The van der Waals surface area contributed by atoms with Gasteiger partial charge in [-0.15, -0.1) is 0 Å². The monoisotopic (exact) mass is 372 g/mol. The number of nitrogens with one attached hydrogen (secondary N) is 2. The first-order chi connectivity index (χ1) is 11.4. The van der Waals surface area contributed by atoms with Gasteiger partial charge >= 0.3 is 0 Å². The zero-order chi connectivity index (χ0) is 17.6. The Labute approximate surface area is 149 Å². The van der Waals surface area contributed by atoms with Crippen LogP contribution in [0.2, 0.25) is 5.02 Å². The lowest BCUT2D eigenvalue weighted by Gasteiger charge is -2.15. The Hall–Kier alpha value is -1.11. The number of carbonyl (C=O) groups excluding carboxylic acids is 1. The Bertz CT molecular complexity index is 640. The highest BCUT2D eigenvalue weighted by Gasteiger charge is 2.22. The molecule has 7 heteroatoms. The standard InChI is InChI=1S/C17H25ClN2O3S/c1-13(17(21)19-12-4-7-14-5-2-3-6-14)20-24(22,23)16-10-8-15(18)9-11-16/h8-11,13-14,20H,2-7,12H2,1H3,(H,19,21)/t13-/m0/s1. The van der Waals surface area contributed by atoms with Crippen LogP contribution in [0.3, 0.4) is 0 Å². The number of sulfonamides is 1. The van der Waals surface area contributed by atoms with Crippen molar-refractivity contribution in [3.63, 3.8) is 0 Å². The van der Waals surface area contributed by atoms with Crippen LogP contribution in [0.1, 0.15) is 45.4 Å². The normalized spacial score (nSPS) is 16.9. The summed E-state index contributed by atoms with van der Waals surface area (Å²) in [7, 11) is -3.73. The van der Waals surface area contributed by atoms with Crippen LogP contribution in [0.4, 0.5) is 0 Å². The third-order valence-electron chi connectivity index (χ3n) is 4.41. The van der Waals surface area contributed by atoms with E-state index in [1.807, 2.05) is 0 Å². The molecule has 24 heavy (non-hydrogen) atoms. The topological polar surface area (TPSA) is 75.3 Å². The average Bonchev–Trinajstić information content (AvgIpc) is 3.04. The second kappa shape index (κ2) is 8.83. The summed E-state index contributed by atoms with van der Waals surface area (Å²) in [6, 6.07) is 5.01. The maximum atomic E-state index is 12.2. The molecule has 5 nitrogen and oxygen atoms in total. The van der Waals surface area contributed by atoms with Gasteiger partial charge in [-0.2, -0.15) is 4.72 Å². The van der Waals surface area contributed by atoms with Gasteiger partial charge in [0.1, 0.15) is 0 Å². The molecular weight excluding hydrogens is 348 g/mol. The van der Waals surface area contributed by atoms with Crippen molar-refractivity contribution in [1.82, 2.24) is 10.0 Å². The van der Waals surface area contributed by atoms with Gasteiger partial charge in [-0.25, -0.2) is 8.42 Å². The lowest BCUT2D eigenvalue weighted by molar-refractivity contribution is -0.122. The van der Waals surface area contributed by atoms with Crippen molar-refractivity contribution in [2.45, 2.75) is 56.4 Å². The molecule has 1 amide bonds. The third-order valence-corrected chi connectivity index (χ3v) is 6.22. The number of halogens is 1. The van der Waals surface area contributed by atoms with Crippen LogP contribution >= 0.6 is 11.6 Å². The van der Waals surface area contributed by atoms with Gasteiger partial charge in [0.15, 0.2) is 0 Å². The van der Waals surface area contributed by atoms with Crippen molar-refractivity contribution in [1.29, 1.82) is 0 Å². The first kappa shape index (κ1) is 19.2.